The van der Waals surface area contributed by atoms with Gasteiger partial charge in [0.1, 0.15) is 12.4 Å². The van der Waals surface area contributed by atoms with E-state index in [0.29, 0.717) is 5.69 Å². The summed E-state index contributed by atoms with van der Waals surface area (Å²) in [5.41, 5.74) is 7.13. The van der Waals surface area contributed by atoms with Crippen LogP contribution in [0.15, 0.2) is 48.7 Å². The van der Waals surface area contributed by atoms with Gasteiger partial charge in [0.25, 0.3) is 0 Å². The first kappa shape index (κ1) is 13.1. The van der Waals surface area contributed by atoms with Crippen molar-refractivity contribution >= 4 is 28.2 Å². The molecule has 1 aromatic heterocycles. The van der Waals surface area contributed by atoms with E-state index in [1.165, 1.54) is 18.2 Å². The van der Waals surface area contributed by atoms with Crippen LogP contribution in [-0.2, 0) is 11.3 Å². The van der Waals surface area contributed by atoms with Gasteiger partial charge in [-0.25, -0.2) is 4.39 Å². The molecule has 6 heteroatoms. The number of halogens is 1. The molecule has 3 aromatic rings. The Kier molecular flexibility index (Phi) is 3.27. The lowest BCUT2D eigenvalue weighted by Gasteiger charge is -2.09. The number of carbonyl (C=O) groups excluding carboxylic acids is 1. The van der Waals surface area contributed by atoms with Gasteiger partial charge in [-0.15, -0.1) is 0 Å². The predicted octanol–water partition coefficient (Wildman–Crippen LogP) is 2.40. The average Bonchev–Trinajstić information content (AvgIpc) is 2.86. The van der Waals surface area contributed by atoms with Crippen LogP contribution in [0.2, 0.25) is 0 Å². The van der Waals surface area contributed by atoms with E-state index in [1.54, 1.807) is 10.9 Å². The maximum atomic E-state index is 13.2. The lowest BCUT2D eigenvalue weighted by molar-refractivity contribution is -0.116. The fraction of sp³-hybridized carbons (Fsp3) is 0.0667. The van der Waals surface area contributed by atoms with E-state index in [-0.39, 0.29) is 18.1 Å². The molecule has 0 fully saturated rings. The summed E-state index contributed by atoms with van der Waals surface area (Å²) in [6.07, 6.45) is 1.69. The Labute approximate surface area is 120 Å². The van der Waals surface area contributed by atoms with Crippen LogP contribution < -0.4 is 11.1 Å². The first-order chi connectivity index (χ1) is 10.1. The van der Waals surface area contributed by atoms with Crippen molar-refractivity contribution in [3.8, 4) is 0 Å². The second kappa shape index (κ2) is 5.24. The largest absolute Gasteiger partial charge is 0.397 e. The zero-order chi connectivity index (χ0) is 14.8. The Morgan fingerprint density at radius 3 is 2.95 bits per heavy atom. The summed E-state index contributed by atoms with van der Waals surface area (Å²) in [4.78, 5) is 12.0. The average molecular weight is 284 g/mol. The zero-order valence-corrected chi connectivity index (χ0v) is 11.1. The molecular weight excluding hydrogens is 271 g/mol. The molecule has 1 heterocycles. The van der Waals surface area contributed by atoms with E-state index in [9.17, 15) is 9.18 Å². The van der Waals surface area contributed by atoms with Crippen LogP contribution in [0.25, 0.3) is 10.9 Å². The first-order valence-corrected chi connectivity index (χ1v) is 6.39. The summed E-state index contributed by atoms with van der Waals surface area (Å²) in [6.45, 7) is 0.0312. The molecule has 0 saturated carbocycles. The minimum absolute atomic E-state index is 0.0312. The molecule has 1 amide bonds. The normalized spacial score (nSPS) is 10.7. The highest BCUT2D eigenvalue weighted by Gasteiger charge is 2.09. The third-order valence-electron chi connectivity index (χ3n) is 3.13. The van der Waals surface area contributed by atoms with Crippen molar-refractivity contribution in [1.29, 1.82) is 0 Å². The molecule has 106 valence electrons. The molecule has 5 nitrogen and oxygen atoms in total. The molecule has 3 N–H and O–H groups in total. The number of rotatable bonds is 3. The van der Waals surface area contributed by atoms with E-state index in [4.69, 9.17) is 5.73 Å². The van der Waals surface area contributed by atoms with Crippen LogP contribution in [-0.4, -0.2) is 15.7 Å². The van der Waals surface area contributed by atoms with E-state index >= 15 is 0 Å². The van der Waals surface area contributed by atoms with Gasteiger partial charge in [0, 0.05) is 5.39 Å². The smallest absolute Gasteiger partial charge is 0.246 e. The molecule has 0 atom stereocenters. The van der Waals surface area contributed by atoms with Crippen LogP contribution in [0.3, 0.4) is 0 Å². The lowest BCUT2D eigenvalue weighted by Crippen LogP contribution is -2.20. The van der Waals surface area contributed by atoms with Gasteiger partial charge in [0.2, 0.25) is 5.91 Å². The number of nitrogens with zero attached hydrogens (tertiary/aromatic N) is 2. The van der Waals surface area contributed by atoms with Gasteiger partial charge < -0.3 is 11.1 Å². The van der Waals surface area contributed by atoms with Crippen LogP contribution in [0.5, 0.6) is 0 Å². The number of hydrogen-bond acceptors (Lipinski definition) is 3. The Morgan fingerprint density at radius 1 is 1.29 bits per heavy atom. The van der Waals surface area contributed by atoms with Gasteiger partial charge in [-0.2, -0.15) is 5.10 Å². The number of aromatic nitrogens is 2. The van der Waals surface area contributed by atoms with Gasteiger partial charge in [-0.05, 0) is 24.3 Å². The highest BCUT2D eigenvalue weighted by Crippen LogP contribution is 2.19. The summed E-state index contributed by atoms with van der Waals surface area (Å²) in [7, 11) is 0. The van der Waals surface area contributed by atoms with Crippen molar-refractivity contribution < 1.29 is 9.18 Å². The molecule has 0 spiro atoms. The van der Waals surface area contributed by atoms with Gasteiger partial charge in [0.05, 0.1) is 23.1 Å². The number of nitrogens with two attached hydrogens (primary N) is 1. The number of amides is 1. The molecule has 21 heavy (non-hydrogen) atoms. The molecule has 0 aliphatic carbocycles. The number of anilines is 2. The highest BCUT2D eigenvalue weighted by atomic mass is 19.1. The standard InChI is InChI=1S/C15H13FN4O/c16-11-5-6-12(17)13(7-11)19-15(21)9-20-14-4-2-1-3-10(14)8-18-20/h1-8H,9,17H2,(H,19,21). The van der Waals surface area contributed by atoms with E-state index < -0.39 is 5.82 Å². The number of para-hydroxylation sites is 1. The van der Waals surface area contributed by atoms with Crippen molar-refractivity contribution in [2.75, 3.05) is 11.1 Å². The van der Waals surface area contributed by atoms with Gasteiger partial charge in [0.15, 0.2) is 0 Å². The van der Waals surface area contributed by atoms with Crippen LogP contribution >= 0.6 is 0 Å². The van der Waals surface area contributed by atoms with Crippen molar-refractivity contribution in [3.05, 3.63) is 54.5 Å². The number of nitrogens with one attached hydrogen (secondary N) is 1. The molecule has 0 unspecified atom stereocenters. The van der Waals surface area contributed by atoms with E-state index in [1.807, 2.05) is 24.3 Å². The predicted molar refractivity (Wildman–Crippen MR) is 79.2 cm³/mol. The second-order valence-corrected chi connectivity index (χ2v) is 4.64. The fourth-order valence-corrected chi connectivity index (χ4v) is 2.11. The van der Waals surface area contributed by atoms with Crippen molar-refractivity contribution in [2.24, 2.45) is 0 Å². The van der Waals surface area contributed by atoms with Crippen molar-refractivity contribution in [1.82, 2.24) is 9.78 Å². The Bertz CT molecular complexity index is 812. The maximum absolute atomic E-state index is 13.2. The molecule has 0 saturated heterocycles. The summed E-state index contributed by atoms with van der Waals surface area (Å²) >= 11 is 0. The zero-order valence-electron chi connectivity index (χ0n) is 11.1. The number of benzene rings is 2. The third kappa shape index (κ3) is 2.69. The molecule has 3 rings (SSSR count). The molecule has 0 aliphatic heterocycles. The van der Waals surface area contributed by atoms with E-state index in [0.717, 1.165) is 10.9 Å². The number of carbonyl (C=O) groups is 1. The summed E-state index contributed by atoms with van der Waals surface area (Å²) in [6, 6.07) is 11.4. The second-order valence-electron chi connectivity index (χ2n) is 4.64. The molecule has 0 aliphatic rings. The van der Waals surface area contributed by atoms with Gasteiger partial charge in [-0.3, -0.25) is 9.48 Å². The first-order valence-electron chi connectivity index (χ1n) is 6.39. The van der Waals surface area contributed by atoms with Gasteiger partial charge >= 0.3 is 0 Å². The molecular formula is C15H13FN4O. The lowest BCUT2D eigenvalue weighted by atomic mass is 10.2. The van der Waals surface area contributed by atoms with Crippen LogP contribution in [0, 0.1) is 5.82 Å². The number of nitrogen functional groups attached to an aromatic ring is 1. The number of fused-ring (bicyclic) bond motifs is 1. The highest BCUT2D eigenvalue weighted by molar-refractivity contribution is 5.94. The molecule has 0 bridgehead atoms. The Balaban J connectivity index is 1.79. The molecule has 2 aromatic carbocycles. The Morgan fingerprint density at radius 2 is 2.10 bits per heavy atom. The van der Waals surface area contributed by atoms with Crippen molar-refractivity contribution in [3.63, 3.8) is 0 Å². The van der Waals surface area contributed by atoms with E-state index in [2.05, 4.69) is 10.4 Å². The monoisotopic (exact) mass is 284 g/mol. The minimum Gasteiger partial charge on any atom is -0.397 e. The summed E-state index contributed by atoms with van der Waals surface area (Å²) < 4.78 is 14.7. The van der Waals surface area contributed by atoms with Crippen LogP contribution in [0.1, 0.15) is 0 Å². The fourth-order valence-electron chi connectivity index (χ4n) is 2.11. The molecule has 0 radical (unpaired) electrons. The van der Waals surface area contributed by atoms with Crippen molar-refractivity contribution in [2.45, 2.75) is 6.54 Å². The maximum Gasteiger partial charge on any atom is 0.246 e. The third-order valence-corrected chi connectivity index (χ3v) is 3.13. The quantitative estimate of drug-likeness (QED) is 0.725. The minimum atomic E-state index is -0.455. The van der Waals surface area contributed by atoms with Gasteiger partial charge in [-0.1, -0.05) is 18.2 Å². The Hall–Kier alpha value is -2.89. The van der Waals surface area contributed by atoms with Crippen LogP contribution in [0.4, 0.5) is 15.8 Å². The summed E-state index contributed by atoms with van der Waals surface area (Å²) in [5.74, 6) is -0.773. The topological polar surface area (TPSA) is 72.9 Å². The SMILES string of the molecule is Nc1ccc(F)cc1NC(=O)Cn1ncc2ccccc21. The number of hydrogen-bond donors (Lipinski definition) is 2. The summed E-state index contributed by atoms with van der Waals surface area (Å²) in [5, 5.41) is 7.71.